The average Bonchev–Trinajstić information content (AvgIpc) is 3.15. The van der Waals surface area contributed by atoms with Crippen molar-refractivity contribution in [2.24, 2.45) is 7.05 Å². The van der Waals surface area contributed by atoms with Crippen molar-refractivity contribution in [2.75, 3.05) is 36.4 Å². The summed E-state index contributed by atoms with van der Waals surface area (Å²) >= 11 is 0. The number of nitrogens with zero attached hydrogens (tertiary/aromatic N) is 8. The summed E-state index contributed by atoms with van der Waals surface area (Å²) < 4.78 is 1.53. The Kier molecular flexibility index (Phi) is 4.60. The van der Waals surface area contributed by atoms with Gasteiger partial charge in [-0.3, -0.25) is 9.48 Å². The molecule has 0 bridgehead atoms. The van der Waals surface area contributed by atoms with Crippen molar-refractivity contribution < 1.29 is 4.79 Å². The number of aryl methyl sites for hydroxylation is 1. The van der Waals surface area contributed by atoms with Crippen molar-refractivity contribution in [3.05, 3.63) is 48.7 Å². The normalized spacial score (nSPS) is 14.3. The molecule has 27 heavy (non-hydrogen) atoms. The van der Waals surface area contributed by atoms with E-state index in [1.165, 1.54) is 11.0 Å². The lowest BCUT2D eigenvalue weighted by atomic mass is 10.3. The van der Waals surface area contributed by atoms with Crippen LogP contribution in [0.15, 0.2) is 43.0 Å². The first-order valence-corrected chi connectivity index (χ1v) is 8.60. The minimum atomic E-state index is -0.0945. The lowest BCUT2D eigenvalue weighted by Crippen LogP contribution is -2.49. The maximum atomic E-state index is 12.5. The summed E-state index contributed by atoms with van der Waals surface area (Å²) in [5.74, 6) is 2.12. The third-order valence-electron chi connectivity index (χ3n) is 4.29. The molecule has 0 radical (unpaired) electrons. The summed E-state index contributed by atoms with van der Waals surface area (Å²) in [7, 11) is 1.74. The minimum Gasteiger partial charge on any atom is -0.353 e. The Bertz CT molecular complexity index is 919. The number of anilines is 3. The zero-order valence-electron chi connectivity index (χ0n) is 14.9. The molecule has 1 amide bonds. The average molecular weight is 365 g/mol. The van der Waals surface area contributed by atoms with E-state index in [9.17, 15) is 4.79 Å². The number of carbonyl (C=O) groups excluding carboxylic acids is 1. The number of hydrogen-bond donors (Lipinski definition) is 1. The Morgan fingerprint density at radius 1 is 1.07 bits per heavy atom. The second-order valence-electron chi connectivity index (χ2n) is 6.16. The topological polar surface area (TPSA) is 105 Å². The van der Waals surface area contributed by atoms with Gasteiger partial charge in [-0.15, -0.1) is 5.10 Å². The van der Waals surface area contributed by atoms with Crippen molar-refractivity contribution in [1.29, 1.82) is 0 Å². The fraction of sp³-hybridized carbons (Fsp3) is 0.294. The molecule has 1 saturated heterocycles. The van der Waals surface area contributed by atoms with E-state index in [2.05, 4.69) is 35.5 Å². The number of piperazine rings is 1. The fourth-order valence-corrected chi connectivity index (χ4v) is 2.90. The minimum absolute atomic E-state index is 0.0945. The Balaban J connectivity index is 1.39. The van der Waals surface area contributed by atoms with Crippen molar-refractivity contribution >= 4 is 23.4 Å². The van der Waals surface area contributed by atoms with Gasteiger partial charge in [-0.25, -0.2) is 15.0 Å². The van der Waals surface area contributed by atoms with E-state index in [1.54, 1.807) is 24.3 Å². The summed E-state index contributed by atoms with van der Waals surface area (Å²) in [5, 5.41) is 10.9. The summed E-state index contributed by atoms with van der Waals surface area (Å²) in [6, 6.07) is 7.52. The molecule has 10 nitrogen and oxygen atoms in total. The molecule has 0 atom stereocenters. The van der Waals surface area contributed by atoms with Gasteiger partial charge in [-0.2, -0.15) is 0 Å². The number of amides is 1. The van der Waals surface area contributed by atoms with E-state index in [0.29, 0.717) is 37.7 Å². The Morgan fingerprint density at radius 3 is 2.63 bits per heavy atom. The number of hydrogen-bond acceptors (Lipinski definition) is 8. The molecule has 3 aromatic heterocycles. The SMILES string of the molecule is Cn1cc(C(=O)N2CCN(c3cc(Nc4ccccn4)ncn3)CC2)nn1. The smallest absolute Gasteiger partial charge is 0.276 e. The van der Waals surface area contributed by atoms with Crippen LogP contribution in [0.3, 0.4) is 0 Å². The molecule has 138 valence electrons. The standard InChI is InChI=1S/C17H19N9O/c1-24-11-13(22-23-24)17(27)26-8-6-25(7-9-26)16-10-15(19-12-20-16)21-14-4-2-3-5-18-14/h2-5,10-12H,6-9H2,1H3,(H,18,19,20,21). The maximum Gasteiger partial charge on any atom is 0.276 e. The number of nitrogens with one attached hydrogen (secondary N) is 1. The highest BCUT2D eigenvalue weighted by atomic mass is 16.2. The molecule has 10 heteroatoms. The lowest BCUT2D eigenvalue weighted by Gasteiger charge is -2.35. The van der Waals surface area contributed by atoms with E-state index >= 15 is 0 Å². The summed E-state index contributed by atoms with van der Waals surface area (Å²) in [6.45, 7) is 2.57. The van der Waals surface area contributed by atoms with Gasteiger partial charge in [0.05, 0.1) is 6.20 Å². The Labute approximate surface area is 155 Å². The molecular weight excluding hydrogens is 346 g/mol. The van der Waals surface area contributed by atoms with Crippen LogP contribution in [0.1, 0.15) is 10.5 Å². The molecule has 0 aliphatic carbocycles. The molecule has 1 N–H and O–H groups in total. The predicted octanol–water partition coefficient (Wildman–Crippen LogP) is 0.706. The van der Waals surface area contributed by atoms with Gasteiger partial charge >= 0.3 is 0 Å². The Hall–Kier alpha value is -3.56. The molecule has 1 aliphatic rings. The van der Waals surface area contributed by atoms with E-state index in [4.69, 9.17) is 0 Å². The number of aromatic nitrogens is 6. The molecule has 4 heterocycles. The van der Waals surface area contributed by atoms with Gasteiger partial charge in [-0.1, -0.05) is 11.3 Å². The highest BCUT2D eigenvalue weighted by molar-refractivity contribution is 5.92. The number of rotatable bonds is 4. The van der Waals surface area contributed by atoms with Crippen LogP contribution >= 0.6 is 0 Å². The van der Waals surface area contributed by atoms with Crippen LogP contribution in [0.2, 0.25) is 0 Å². The van der Waals surface area contributed by atoms with Gasteiger partial charge in [0.2, 0.25) is 0 Å². The third kappa shape index (κ3) is 3.84. The second-order valence-corrected chi connectivity index (χ2v) is 6.16. The van der Waals surface area contributed by atoms with Gasteiger partial charge in [-0.05, 0) is 12.1 Å². The Morgan fingerprint density at radius 2 is 1.93 bits per heavy atom. The van der Waals surface area contributed by atoms with Crippen LogP contribution in [0.4, 0.5) is 17.5 Å². The molecule has 4 rings (SSSR count). The molecule has 0 aromatic carbocycles. The van der Waals surface area contributed by atoms with Gasteiger partial charge in [0.25, 0.3) is 5.91 Å². The molecule has 1 aliphatic heterocycles. The molecule has 0 spiro atoms. The van der Waals surface area contributed by atoms with Gasteiger partial charge in [0.15, 0.2) is 5.69 Å². The lowest BCUT2D eigenvalue weighted by molar-refractivity contribution is 0.0740. The number of pyridine rings is 1. The molecule has 3 aromatic rings. The first kappa shape index (κ1) is 16.9. The van der Waals surface area contributed by atoms with Crippen molar-refractivity contribution in [2.45, 2.75) is 0 Å². The van der Waals surface area contributed by atoms with Crippen LogP contribution in [0.25, 0.3) is 0 Å². The largest absolute Gasteiger partial charge is 0.353 e. The van der Waals surface area contributed by atoms with Gasteiger partial charge < -0.3 is 15.1 Å². The van der Waals surface area contributed by atoms with E-state index in [1.807, 2.05) is 24.3 Å². The molecule has 0 unspecified atom stereocenters. The first-order chi connectivity index (χ1) is 13.2. The molecular formula is C17H19N9O. The van der Waals surface area contributed by atoms with Crippen LogP contribution < -0.4 is 10.2 Å². The van der Waals surface area contributed by atoms with E-state index in [0.717, 1.165) is 11.6 Å². The highest BCUT2D eigenvalue weighted by Gasteiger charge is 2.24. The fourth-order valence-electron chi connectivity index (χ4n) is 2.90. The monoisotopic (exact) mass is 365 g/mol. The first-order valence-electron chi connectivity index (χ1n) is 8.60. The van der Waals surface area contributed by atoms with Crippen LogP contribution in [0.5, 0.6) is 0 Å². The predicted molar refractivity (Wildman–Crippen MR) is 98.7 cm³/mol. The van der Waals surface area contributed by atoms with Crippen LogP contribution in [-0.2, 0) is 7.05 Å². The third-order valence-corrected chi connectivity index (χ3v) is 4.29. The zero-order valence-corrected chi connectivity index (χ0v) is 14.9. The van der Waals surface area contributed by atoms with Gasteiger partial charge in [0, 0.05) is 45.5 Å². The molecule has 1 fully saturated rings. The highest BCUT2D eigenvalue weighted by Crippen LogP contribution is 2.19. The second kappa shape index (κ2) is 7.36. The summed E-state index contributed by atoms with van der Waals surface area (Å²) in [6.07, 6.45) is 4.88. The number of carbonyl (C=O) groups is 1. The van der Waals surface area contributed by atoms with E-state index in [-0.39, 0.29) is 5.91 Å². The summed E-state index contributed by atoms with van der Waals surface area (Å²) in [4.78, 5) is 29.2. The van der Waals surface area contributed by atoms with E-state index < -0.39 is 0 Å². The quantitative estimate of drug-likeness (QED) is 0.721. The van der Waals surface area contributed by atoms with Crippen molar-refractivity contribution in [3.63, 3.8) is 0 Å². The maximum absolute atomic E-state index is 12.5. The van der Waals surface area contributed by atoms with Crippen LogP contribution in [0, 0.1) is 0 Å². The zero-order chi connectivity index (χ0) is 18.6. The van der Waals surface area contributed by atoms with Crippen molar-refractivity contribution in [3.8, 4) is 0 Å². The summed E-state index contributed by atoms with van der Waals surface area (Å²) in [5.41, 5.74) is 0.370. The van der Waals surface area contributed by atoms with Gasteiger partial charge in [0.1, 0.15) is 23.8 Å². The van der Waals surface area contributed by atoms with Crippen LogP contribution in [-0.4, -0.2) is 66.9 Å². The molecule has 0 saturated carbocycles. The van der Waals surface area contributed by atoms with Crippen molar-refractivity contribution in [1.82, 2.24) is 34.8 Å².